The lowest BCUT2D eigenvalue weighted by atomic mass is 10.1. The van der Waals surface area contributed by atoms with Crippen molar-refractivity contribution in [3.63, 3.8) is 0 Å². The molecule has 1 saturated heterocycles. The van der Waals surface area contributed by atoms with Crippen molar-refractivity contribution in [2.75, 3.05) is 32.5 Å². The maximum absolute atomic E-state index is 13.3. The van der Waals surface area contributed by atoms with Crippen molar-refractivity contribution >= 4 is 21.7 Å². The number of hydrogen-bond donors (Lipinski definition) is 1. The summed E-state index contributed by atoms with van der Waals surface area (Å²) in [5.41, 5.74) is 1.00. The van der Waals surface area contributed by atoms with Crippen LogP contribution in [0.1, 0.15) is 5.69 Å². The van der Waals surface area contributed by atoms with E-state index in [0.29, 0.717) is 11.4 Å². The van der Waals surface area contributed by atoms with E-state index < -0.39 is 46.5 Å². The van der Waals surface area contributed by atoms with Gasteiger partial charge in [0, 0.05) is 44.8 Å². The van der Waals surface area contributed by atoms with Crippen LogP contribution in [0, 0.1) is 12.8 Å². The normalized spacial score (nSPS) is 21.6. The number of hydrogen-bond acceptors (Lipinski definition) is 4. The lowest BCUT2D eigenvalue weighted by Gasteiger charge is -2.23. The highest BCUT2D eigenvalue weighted by Crippen LogP contribution is 2.37. The summed E-state index contributed by atoms with van der Waals surface area (Å²) >= 11 is 0. The highest BCUT2D eigenvalue weighted by Gasteiger charge is 2.56. The van der Waals surface area contributed by atoms with E-state index in [2.05, 4.69) is 10.3 Å². The second-order valence-corrected chi connectivity index (χ2v) is 8.40. The molecule has 2 rings (SSSR count). The number of carbonyl (C=O) groups excluding carboxylic acids is 1. The van der Waals surface area contributed by atoms with Crippen LogP contribution in [0.3, 0.4) is 0 Å². The van der Waals surface area contributed by atoms with Gasteiger partial charge in [-0.3, -0.25) is 4.98 Å². The van der Waals surface area contributed by atoms with Crippen molar-refractivity contribution in [1.29, 1.82) is 0 Å². The number of halogens is 3. The van der Waals surface area contributed by atoms with Gasteiger partial charge in [-0.2, -0.15) is 13.2 Å². The molecule has 0 aliphatic carbocycles. The molecule has 0 radical (unpaired) electrons. The monoisotopic (exact) mass is 380 g/mol. The molecular weight excluding hydrogens is 361 g/mol. The Bertz CT molecular complexity index is 752. The third-order valence-electron chi connectivity index (χ3n) is 4.01. The fraction of sp³-hybridized carbons (Fsp3) is 0.571. The molecule has 1 aliphatic heterocycles. The van der Waals surface area contributed by atoms with Crippen LogP contribution in [-0.2, 0) is 10.0 Å². The number of alkyl halides is 3. The van der Waals surface area contributed by atoms with E-state index in [-0.39, 0.29) is 0 Å². The summed E-state index contributed by atoms with van der Waals surface area (Å²) in [6, 6.07) is 2.27. The highest BCUT2D eigenvalue weighted by molar-refractivity contribution is 7.89. The molecule has 2 atom stereocenters. The summed E-state index contributed by atoms with van der Waals surface area (Å²) in [7, 11) is -1.83. The first-order valence-corrected chi connectivity index (χ1v) is 8.90. The number of urea groups is 1. The molecule has 0 spiro atoms. The first-order valence-electron chi connectivity index (χ1n) is 7.39. The van der Waals surface area contributed by atoms with Crippen LogP contribution < -0.4 is 5.32 Å². The number of pyridine rings is 1. The molecule has 140 valence electrons. The average molecular weight is 380 g/mol. The van der Waals surface area contributed by atoms with Crippen molar-refractivity contribution in [3.8, 4) is 0 Å². The lowest BCUT2D eigenvalue weighted by Crippen LogP contribution is -2.43. The van der Waals surface area contributed by atoms with Crippen LogP contribution >= 0.6 is 0 Å². The number of nitrogens with zero attached hydrogens (tertiary/aromatic N) is 3. The Labute approximate surface area is 143 Å². The standard InChI is InChI=1S/C14H19F3N4O3S/c1-9-6-10(4-5-18-9)19-13(22)21-7-11(14(15,16)17)12(8-21)25(23,24)20(2)3/h4-6,11-12H,7-8H2,1-3H3,(H,18,19,22)/t11-,12-/m1/s1. The van der Waals surface area contributed by atoms with E-state index in [1.807, 2.05) is 0 Å². The molecule has 1 fully saturated rings. The smallest absolute Gasteiger partial charge is 0.322 e. The fourth-order valence-corrected chi connectivity index (χ4v) is 4.22. The van der Waals surface area contributed by atoms with Crippen LogP contribution in [0.2, 0.25) is 0 Å². The van der Waals surface area contributed by atoms with E-state index in [1.54, 1.807) is 13.0 Å². The van der Waals surface area contributed by atoms with Gasteiger partial charge >= 0.3 is 12.2 Å². The largest absolute Gasteiger partial charge is 0.394 e. The van der Waals surface area contributed by atoms with E-state index in [0.717, 1.165) is 9.21 Å². The van der Waals surface area contributed by atoms with Crippen LogP contribution in [0.15, 0.2) is 18.3 Å². The fourth-order valence-electron chi connectivity index (χ4n) is 2.65. The summed E-state index contributed by atoms with van der Waals surface area (Å²) in [6.45, 7) is 0.461. The summed E-state index contributed by atoms with van der Waals surface area (Å²) < 4.78 is 65.0. The molecule has 0 unspecified atom stereocenters. The summed E-state index contributed by atoms with van der Waals surface area (Å²) in [4.78, 5) is 17.1. The highest BCUT2D eigenvalue weighted by atomic mass is 32.2. The minimum Gasteiger partial charge on any atom is -0.322 e. The van der Waals surface area contributed by atoms with E-state index >= 15 is 0 Å². The molecular formula is C14H19F3N4O3S. The first kappa shape index (κ1) is 19.4. The maximum atomic E-state index is 13.3. The molecule has 1 aromatic heterocycles. The number of aromatic nitrogens is 1. The molecule has 0 aromatic carbocycles. The Morgan fingerprint density at radius 3 is 2.52 bits per heavy atom. The van der Waals surface area contributed by atoms with E-state index in [9.17, 15) is 26.4 Å². The van der Waals surface area contributed by atoms with Gasteiger partial charge in [0.25, 0.3) is 0 Å². The predicted molar refractivity (Wildman–Crippen MR) is 85.5 cm³/mol. The van der Waals surface area contributed by atoms with Crippen molar-refractivity contribution in [3.05, 3.63) is 24.0 Å². The van der Waals surface area contributed by atoms with Crippen LogP contribution in [0.25, 0.3) is 0 Å². The summed E-state index contributed by atoms with van der Waals surface area (Å²) in [6.07, 6.45) is -3.28. The Morgan fingerprint density at radius 2 is 2.00 bits per heavy atom. The van der Waals surface area contributed by atoms with Crippen molar-refractivity contribution in [1.82, 2.24) is 14.2 Å². The molecule has 11 heteroatoms. The molecule has 1 aromatic rings. The summed E-state index contributed by atoms with van der Waals surface area (Å²) in [5.74, 6) is -2.13. The predicted octanol–water partition coefficient (Wildman–Crippen LogP) is 1.68. The van der Waals surface area contributed by atoms with Gasteiger partial charge in [-0.1, -0.05) is 0 Å². The second-order valence-electron chi connectivity index (χ2n) is 6.03. The van der Waals surface area contributed by atoms with Crippen molar-refractivity contribution in [2.24, 2.45) is 5.92 Å². The van der Waals surface area contributed by atoms with Crippen molar-refractivity contribution < 1.29 is 26.4 Å². The van der Waals surface area contributed by atoms with Gasteiger partial charge in [0.1, 0.15) is 5.25 Å². The van der Waals surface area contributed by atoms with E-state index in [4.69, 9.17) is 0 Å². The van der Waals surface area contributed by atoms with Crippen LogP contribution in [0.4, 0.5) is 23.7 Å². The maximum Gasteiger partial charge on any atom is 0.394 e. The number of aryl methyl sites for hydroxylation is 1. The third kappa shape index (κ3) is 4.21. The molecule has 2 heterocycles. The van der Waals surface area contributed by atoms with Gasteiger partial charge < -0.3 is 10.2 Å². The van der Waals surface area contributed by atoms with Crippen LogP contribution in [-0.4, -0.2) is 67.2 Å². The van der Waals surface area contributed by atoms with Gasteiger partial charge in [0.15, 0.2) is 0 Å². The number of nitrogens with one attached hydrogen (secondary N) is 1. The molecule has 25 heavy (non-hydrogen) atoms. The van der Waals surface area contributed by atoms with Gasteiger partial charge in [-0.15, -0.1) is 0 Å². The number of amides is 2. The Morgan fingerprint density at radius 1 is 1.36 bits per heavy atom. The van der Waals surface area contributed by atoms with E-state index in [1.165, 1.54) is 26.4 Å². The molecule has 2 amide bonds. The first-order chi connectivity index (χ1) is 11.4. The van der Waals surface area contributed by atoms with Crippen molar-refractivity contribution in [2.45, 2.75) is 18.3 Å². The molecule has 7 nitrogen and oxygen atoms in total. The third-order valence-corrected chi connectivity index (χ3v) is 6.27. The minimum absolute atomic E-state index is 0.375. The topological polar surface area (TPSA) is 82.6 Å². The Kier molecular flexibility index (Phi) is 5.28. The van der Waals surface area contributed by atoms with Gasteiger partial charge in [-0.05, 0) is 19.1 Å². The quantitative estimate of drug-likeness (QED) is 0.865. The molecule has 0 saturated carbocycles. The van der Waals surface area contributed by atoms with Gasteiger partial charge in [-0.25, -0.2) is 17.5 Å². The zero-order chi connectivity index (χ0) is 19.0. The number of rotatable bonds is 3. The molecule has 0 bridgehead atoms. The zero-order valence-corrected chi connectivity index (χ0v) is 14.7. The Hall–Kier alpha value is -1.88. The van der Waals surface area contributed by atoms with Gasteiger partial charge in [0.05, 0.1) is 5.92 Å². The average Bonchev–Trinajstić information content (AvgIpc) is 2.93. The Balaban J connectivity index is 2.22. The molecule has 1 aliphatic rings. The van der Waals surface area contributed by atoms with Gasteiger partial charge in [0.2, 0.25) is 10.0 Å². The second kappa shape index (κ2) is 6.79. The SMILES string of the molecule is Cc1cc(NC(=O)N2C[C@@H](C(F)(F)F)[C@H](S(=O)(=O)N(C)C)C2)ccn1. The number of carbonyl (C=O) groups is 1. The zero-order valence-electron chi connectivity index (χ0n) is 13.9. The number of likely N-dealkylation sites (tertiary alicyclic amines) is 1. The van der Waals surface area contributed by atoms with Crippen LogP contribution in [0.5, 0.6) is 0 Å². The minimum atomic E-state index is -4.73. The molecule has 1 N–H and O–H groups in total. The number of sulfonamides is 1. The number of anilines is 1. The lowest BCUT2D eigenvalue weighted by molar-refractivity contribution is -0.169. The summed E-state index contributed by atoms with van der Waals surface area (Å²) in [5, 5.41) is 0.740.